The van der Waals surface area contributed by atoms with Crippen LogP contribution < -0.4 is 27.6 Å². The van der Waals surface area contributed by atoms with E-state index >= 15 is 0 Å². The van der Waals surface area contributed by atoms with Crippen molar-refractivity contribution < 1.29 is 9.59 Å². The monoisotopic (exact) mass is 609 g/mol. The molecule has 11 nitrogen and oxygen atoms in total. The topological polar surface area (TPSA) is 176 Å². The van der Waals surface area contributed by atoms with Crippen LogP contribution >= 0.6 is 0 Å². The lowest BCUT2D eigenvalue weighted by Crippen LogP contribution is -2.50. The SMILES string of the molecule is CC(C)n1[nH]c2cc(-c3ccc(C[C@H](N)C(=O)N(C(=O)C4CCC(CN)CC4)c4ccc5[nH]c(=O)[nH]c5c4)cc3)ccc2c1=O. The molecule has 2 aromatic heterocycles. The van der Waals surface area contributed by atoms with Crippen molar-refractivity contribution in [2.45, 2.75) is 58.0 Å². The molecular formula is C34H39N7O4. The van der Waals surface area contributed by atoms with Crippen molar-refractivity contribution in [1.29, 1.82) is 0 Å². The number of benzene rings is 3. The fourth-order valence-electron chi connectivity index (χ4n) is 6.37. The number of nitrogens with zero attached hydrogens (tertiary/aromatic N) is 2. The summed E-state index contributed by atoms with van der Waals surface area (Å²) in [6, 6.07) is 17.5. The summed E-state index contributed by atoms with van der Waals surface area (Å²) in [7, 11) is 0. The highest BCUT2D eigenvalue weighted by Gasteiger charge is 2.35. The number of carbonyl (C=O) groups excluding carboxylic acids is 2. The van der Waals surface area contributed by atoms with Gasteiger partial charge in [0.25, 0.3) is 11.5 Å². The third-order valence-corrected chi connectivity index (χ3v) is 9.01. The maximum Gasteiger partial charge on any atom is 0.323 e. The van der Waals surface area contributed by atoms with Crippen molar-refractivity contribution >= 4 is 39.4 Å². The number of carbonyl (C=O) groups is 2. The quantitative estimate of drug-likeness (QED) is 0.178. The summed E-state index contributed by atoms with van der Waals surface area (Å²) in [5.74, 6) is -0.700. The third-order valence-electron chi connectivity index (χ3n) is 9.01. The molecule has 11 heteroatoms. The van der Waals surface area contributed by atoms with E-state index in [4.69, 9.17) is 11.5 Å². The Balaban J connectivity index is 1.23. The molecule has 1 aliphatic carbocycles. The van der Waals surface area contributed by atoms with E-state index in [0.29, 0.717) is 47.4 Å². The zero-order chi connectivity index (χ0) is 31.8. The number of nitrogens with two attached hydrogens (primary N) is 2. The fourth-order valence-corrected chi connectivity index (χ4v) is 6.37. The number of H-pyrrole nitrogens is 3. The van der Waals surface area contributed by atoms with Gasteiger partial charge in [-0.25, -0.2) is 14.4 Å². The molecule has 0 radical (unpaired) electrons. The van der Waals surface area contributed by atoms with Gasteiger partial charge in [-0.15, -0.1) is 0 Å². The first-order valence-corrected chi connectivity index (χ1v) is 15.5. The number of hydrogen-bond donors (Lipinski definition) is 5. The molecule has 3 aromatic carbocycles. The van der Waals surface area contributed by atoms with E-state index in [2.05, 4.69) is 15.1 Å². The first-order chi connectivity index (χ1) is 21.6. The van der Waals surface area contributed by atoms with E-state index < -0.39 is 11.9 Å². The van der Waals surface area contributed by atoms with Crippen LogP contribution in [0, 0.1) is 11.8 Å². The van der Waals surface area contributed by atoms with Gasteiger partial charge in [0.05, 0.1) is 33.7 Å². The van der Waals surface area contributed by atoms with Crippen molar-refractivity contribution in [2.75, 3.05) is 11.4 Å². The van der Waals surface area contributed by atoms with Crippen LogP contribution in [-0.4, -0.2) is 44.1 Å². The molecule has 0 saturated heterocycles. The highest BCUT2D eigenvalue weighted by Crippen LogP contribution is 2.32. The second-order valence-corrected chi connectivity index (χ2v) is 12.4. The van der Waals surface area contributed by atoms with Crippen LogP contribution in [0.4, 0.5) is 5.69 Å². The molecule has 45 heavy (non-hydrogen) atoms. The Kier molecular flexibility index (Phi) is 8.30. The van der Waals surface area contributed by atoms with E-state index in [1.165, 1.54) is 4.90 Å². The minimum atomic E-state index is -0.974. The summed E-state index contributed by atoms with van der Waals surface area (Å²) < 4.78 is 1.62. The van der Waals surface area contributed by atoms with Gasteiger partial charge in [-0.1, -0.05) is 30.3 Å². The molecule has 0 unspecified atom stereocenters. The lowest BCUT2D eigenvalue weighted by atomic mass is 9.81. The van der Waals surface area contributed by atoms with E-state index in [-0.39, 0.29) is 35.5 Å². The number of nitrogens with one attached hydrogen (secondary N) is 3. The summed E-state index contributed by atoms with van der Waals surface area (Å²) in [6.45, 7) is 4.50. The lowest BCUT2D eigenvalue weighted by Gasteiger charge is -2.32. The highest BCUT2D eigenvalue weighted by molar-refractivity contribution is 6.17. The van der Waals surface area contributed by atoms with Gasteiger partial charge in [0.1, 0.15) is 0 Å². The van der Waals surface area contributed by atoms with Crippen LogP contribution in [0.2, 0.25) is 0 Å². The number of hydrogen-bond acceptors (Lipinski definition) is 6. The molecule has 2 heterocycles. The second kappa shape index (κ2) is 12.3. The summed E-state index contributed by atoms with van der Waals surface area (Å²) in [6.07, 6.45) is 3.22. The fraction of sp³-hybridized carbons (Fsp3) is 0.353. The minimum absolute atomic E-state index is 0.0255. The van der Waals surface area contributed by atoms with Crippen LogP contribution in [0.15, 0.2) is 70.3 Å². The molecule has 2 amide bonds. The highest BCUT2D eigenvalue weighted by atomic mass is 16.2. The summed E-state index contributed by atoms with van der Waals surface area (Å²) in [5, 5.41) is 3.83. The van der Waals surface area contributed by atoms with Crippen LogP contribution in [-0.2, 0) is 16.0 Å². The van der Waals surface area contributed by atoms with E-state index in [1.807, 2.05) is 56.3 Å². The molecule has 6 rings (SSSR count). The molecule has 234 valence electrons. The van der Waals surface area contributed by atoms with Crippen molar-refractivity contribution in [1.82, 2.24) is 19.7 Å². The Hall–Kier alpha value is -4.74. The summed E-state index contributed by atoms with van der Waals surface area (Å²) in [5.41, 5.74) is 16.9. The van der Waals surface area contributed by atoms with Crippen LogP contribution in [0.3, 0.4) is 0 Å². The predicted molar refractivity (Wildman–Crippen MR) is 176 cm³/mol. The zero-order valence-electron chi connectivity index (χ0n) is 25.5. The third kappa shape index (κ3) is 6.01. The molecule has 5 aromatic rings. The van der Waals surface area contributed by atoms with Gasteiger partial charge in [0.15, 0.2) is 0 Å². The zero-order valence-corrected chi connectivity index (χ0v) is 25.5. The number of aromatic amines is 3. The Labute approximate surface area is 259 Å². The van der Waals surface area contributed by atoms with Gasteiger partial charge in [0.2, 0.25) is 5.91 Å². The Morgan fingerprint density at radius 2 is 1.58 bits per heavy atom. The lowest BCUT2D eigenvalue weighted by molar-refractivity contribution is -0.130. The Morgan fingerprint density at radius 1 is 0.889 bits per heavy atom. The average Bonchev–Trinajstić information content (AvgIpc) is 3.59. The number of anilines is 1. The first-order valence-electron chi connectivity index (χ1n) is 15.5. The van der Waals surface area contributed by atoms with Crippen molar-refractivity contribution in [3.8, 4) is 11.1 Å². The van der Waals surface area contributed by atoms with Gasteiger partial charge in [0, 0.05) is 12.0 Å². The van der Waals surface area contributed by atoms with Gasteiger partial charge in [-0.3, -0.25) is 19.5 Å². The molecule has 0 spiro atoms. The van der Waals surface area contributed by atoms with Crippen LogP contribution in [0.25, 0.3) is 33.1 Å². The second-order valence-electron chi connectivity index (χ2n) is 12.4. The van der Waals surface area contributed by atoms with Gasteiger partial charge in [-0.2, -0.15) is 0 Å². The first kappa shape index (κ1) is 30.3. The molecular weight excluding hydrogens is 570 g/mol. The van der Waals surface area contributed by atoms with Crippen molar-refractivity contribution in [3.63, 3.8) is 0 Å². The van der Waals surface area contributed by atoms with Crippen molar-refractivity contribution in [3.05, 3.63) is 87.1 Å². The average molecular weight is 610 g/mol. The maximum atomic E-state index is 13.9. The molecule has 1 aliphatic rings. The molecule has 1 fully saturated rings. The van der Waals surface area contributed by atoms with Crippen molar-refractivity contribution in [2.24, 2.45) is 23.3 Å². The minimum Gasteiger partial charge on any atom is -0.330 e. The largest absolute Gasteiger partial charge is 0.330 e. The standard InChI is InChI=1S/C34H39N7O4/c1-19(2)41-32(43)26-13-11-24(16-29(26)39-41)22-7-3-20(4-8-22)15-27(36)33(44)40(31(42)23-9-5-21(18-35)6-10-23)25-12-14-28-30(17-25)38-34(45)37-28/h3-4,7-8,11-14,16-17,19,21,23,27,39H,5-6,9-10,15,18,35-36H2,1-2H3,(H2,37,38,45)/t21?,23?,27-/m0/s1. The molecule has 7 N–H and O–H groups in total. The summed E-state index contributed by atoms with van der Waals surface area (Å²) in [4.78, 5) is 58.9. The van der Waals surface area contributed by atoms with E-state index in [9.17, 15) is 19.2 Å². The Bertz CT molecular complexity index is 1970. The molecule has 1 atom stereocenters. The van der Waals surface area contributed by atoms with E-state index in [0.717, 1.165) is 35.0 Å². The molecule has 1 saturated carbocycles. The maximum absolute atomic E-state index is 13.9. The number of fused-ring (bicyclic) bond motifs is 2. The number of imide groups is 1. The molecule has 0 aliphatic heterocycles. The predicted octanol–water partition coefficient (Wildman–Crippen LogP) is 3.94. The summed E-state index contributed by atoms with van der Waals surface area (Å²) >= 11 is 0. The number of rotatable bonds is 8. The van der Waals surface area contributed by atoms with Gasteiger partial charge >= 0.3 is 5.69 Å². The molecule has 0 bridgehead atoms. The number of amides is 2. The number of aromatic nitrogens is 4. The van der Waals surface area contributed by atoms with Crippen LogP contribution in [0.1, 0.15) is 51.1 Å². The van der Waals surface area contributed by atoms with Gasteiger partial charge < -0.3 is 21.4 Å². The number of imidazole rings is 1. The smallest absolute Gasteiger partial charge is 0.323 e. The normalized spacial score (nSPS) is 17.6. The Morgan fingerprint density at radius 3 is 2.27 bits per heavy atom. The van der Waals surface area contributed by atoms with Gasteiger partial charge in [-0.05, 0) is 105 Å². The van der Waals surface area contributed by atoms with E-state index in [1.54, 1.807) is 22.9 Å². The van der Waals surface area contributed by atoms with Crippen LogP contribution in [0.5, 0.6) is 0 Å².